The summed E-state index contributed by atoms with van der Waals surface area (Å²) in [4.78, 5) is 12.0. The smallest absolute Gasteiger partial charge is 0.407 e. The fourth-order valence-electron chi connectivity index (χ4n) is 2.80. The average Bonchev–Trinajstić information content (AvgIpc) is 2.53. The first-order valence-corrected chi connectivity index (χ1v) is 8.47. The van der Waals surface area contributed by atoms with Gasteiger partial charge in [0.05, 0.1) is 30.4 Å². The van der Waals surface area contributed by atoms with E-state index in [1.54, 1.807) is 12.1 Å². The summed E-state index contributed by atoms with van der Waals surface area (Å²) in [6.07, 6.45) is 3.61. The number of hydrogen-bond donors (Lipinski definition) is 1. The Morgan fingerprint density at radius 2 is 1.92 bits per heavy atom. The zero-order valence-corrected chi connectivity index (χ0v) is 14.7. The summed E-state index contributed by atoms with van der Waals surface area (Å²) >= 11 is 0. The van der Waals surface area contributed by atoms with Crippen LogP contribution in [-0.4, -0.2) is 23.8 Å². The molecular formula is C19H26N2O3. The summed E-state index contributed by atoms with van der Waals surface area (Å²) in [6.45, 7) is 6.04. The first-order chi connectivity index (χ1) is 11.4. The Morgan fingerprint density at radius 3 is 2.54 bits per heavy atom. The van der Waals surface area contributed by atoms with Gasteiger partial charge in [0, 0.05) is 0 Å². The van der Waals surface area contributed by atoms with Gasteiger partial charge in [0.2, 0.25) is 0 Å². The summed E-state index contributed by atoms with van der Waals surface area (Å²) in [7, 11) is 0. The Balaban J connectivity index is 1.89. The summed E-state index contributed by atoms with van der Waals surface area (Å²) in [5.41, 5.74) is 1.16. The van der Waals surface area contributed by atoms with Crippen LogP contribution in [-0.2, 0) is 16.1 Å². The van der Waals surface area contributed by atoms with Crippen molar-refractivity contribution in [1.82, 2.24) is 5.32 Å². The molecule has 0 aromatic heterocycles. The molecule has 2 rings (SSSR count). The van der Waals surface area contributed by atoms with Crippen LogP contribution in [0.5, 0.6) is 0 Å². The van der Waals surface area contributed by atoms with Crippen LogP contribution >= 0.6 is 0 Å². The number of nitriles is 1. The molecule has 0 aliphatic heterocycles. The zero-order chi connectivity index (χ0) is 17.6. The Morgan fingerprint density at radius 1 is 1.25 bits per heavy atom. The van der Waals surface area contributed by atoms with Gasteiger partial charge < -0.3 is 14.8 Å². The number of amides is 1. The number of nitrogens with one attached hydrogen (secondary N) is 1. The van der Waals surface area contributed by atoms with Crippen molar-refractivity contribution >= 4 is 6.09 Å². The molecule has 0 spiro atoms. The third-order valence-electron chi connectivity index (χ3n) is 3.95. The molecule has 1 unspecified atom stereocenters. The molecule has 1 amide bonds. The van der Waals surface area contributed by atoms with Gasteiger partial charge in [0.15, 0.2) is 0 Å². The van der Waals surface area contributed by atoms with E-state index in [0.717, 1.165) is 31.2 Å². The van der Waals surface area contributed by atoms with E-state index in [9.17, 15) is 4.79 Å². The highest BCUT2D eigenvalue weighted by Crippen LogP contribution is 2.23. The van der Waals surface area contributed by atoms with Crippen molar-refractivity contribution in [3.8, 4) is 6.07 Å². The van der Waals surface area contributed by atoms with E-state index in [2.05, 4.69) is 11.4 Å². The van der Waals surface area contributed by atoms with Crippen molar-refractivity contribution in [2.24, 2.45) is 0 Å². The van der Waals surface area contributed by atoms with Crippen LogP contribution in [0.3, 0.4) is 0 Å². The van der Waals surface area contributed by atoms with Gasteiger partial charge in [-0.3, -0.25) is 0 Å². The Hall–Kier alpha value is -2.06. The van der Waals surface area contributed by atoms with Crippen LogP contribution in [0.2, 0.25) is 0 Å². The zero-order valence-electron chi connectivity index (χ0n) is 14.7. The molecule has 2 atom stereocenters. The quantitative estimate of drug-likeness (QED) is 0.908. The molecule has 1 saturated carbocycles. The van der Waals surface area contributed by atoms with Gasteiger partial charge in [0.25, 0.3) is 0 Å². The van der Waals surface area contributed by atoms with Crippen LogP contribution in [0.15, 0.2) is 24.3 Å². The first-order valence-electron chi connectivity index (χ1n) is 8.47. The molecule has 5 heteroatoms. The molecule has 1 fully saturated rings. The van der Waals surface area contributed by atoms with Crippen molar-refractivity contribution in [3.05, 3.63) is 35.4 Å². The van der Waals surface area contributed by atoms with Gasteiger partial charge in [-0.1, -0.05) is 25.0 Å². The number of hydrogen-bond acceptors (Lipinski definition) is 4. The Kier molecular flexibility index (Phi) is 6.22. The van der Waals surface area contributed by atoms with E-state index in [0.29, 0.717) is 12.2 Å². The lowest BCUT2D eigenvalue weighted by atomic mass is 9.92. The van der Waals surface area contributed by atoms with E-state index in [-0.39, 0.29) is 18.2 Å². The molecule has 0 saturated heterocycles. The van der Waals surface area contributed by atoms with Gasteiger partial charge in [-0.25, -0.2) is 4.79 Å². The van der Waals surface area contributed by atoms with Crippen LogP contribution in [0.1, 0.15) is 57.6 Å². The topological polar surface area (TPSA) is 71.3 Å². The SMILES string of the molecule is CC(C)(C)OC(=O)N[C@@H]1CCCCC1OCc1ccc(C#N)cc1. The van der Waals surface area contributed by atoms with Crippen LogP contribution < -0.4 is 5.32 Å². The molecule has 0 radical (unpaired) electrons. The molecule has 5 nitrogen and oxygen atoms in total. The van der Waals surface area contributed by atoms with Gasteiger partial charge in [0.1, 0.15) is 5.60 Å². The minimum absolute atomic E-state index is 0.0121. The molecule has 130 valence electrons. The van der Waals surface area contributed by atoms with E-state index in [4.69, 9.17) is 14.7 Å². The highest BCUT2D eigenvalue weighted by atomic mass is 16.6. The number of nitrogens with zero attached hydrogens (tertiary/aromatic N) is 1. The molecule has 0 heterocycles. The maximum atomic E-state index is 12.0. The highest BCUT2D eigenvalue weighted by molar-refractivity contribution is 5.68. The summed E-state index contributed by atoms with van der Waals surface area (Å²) in [5.74, 6) is 0. The molecule has 1 aliphatic carbocycles. The Bertz CT molecular complexity index is 584. The third-order valence-corrected chi connectivity index (χ3v) is 3.95. The van der Waals surface area contributed by atoms with Crippen LogP contribution in [0.4, 0.5) is 4.79 Å². The molecule has 1 aromatic rings. The number of benzene rings is 1. The fraction of sp³-hybridized carbons (Fsp3) is 0.579. The van der Waals surface area contributed by atoms with Crippen molar-refractivity contribution in [2.45, 2.75) is 70.8 Å². The normalized spacial score (nSPS) is 20.9. The van der Waals surface area contributed by atoms with Crippen molar-refractivity contribution < 1.29 is 14.3 Å². The lowest BCUT2D eigenvalue weighted by Gasteiger charge is -2.32. The Labute approximate surface area is 144 Å². The number of carbonyl (C=O) groups excluding carboxylic acids is 1. The second kappa shape index (κ2) is 8.16. The van der Waals surface area contributed by atoms with Crippen LogP contribution in [0, 0.1) is 11.3 Å². The van der Waals surface area contributed by atoms with E-state index >= 15 is 0 Å². The van der Waals surface area contributed by atoms with E-state index < -0.39 is 5.60 Å². The van der Waals surface area contributed by atoms with E-state index in [1.165, 1.54) is 0 Å². The molecule has 1 N–H and O–H groups in total. The highest BCUT2D eigenvalue weighted by Gasteiger charge is 2.29. The van der Waals surface area contributed by atoms with Gasteiger partial charge in [-0.05, 0) is 51.3 Å². The van der Waals surface area contributed by atoms with Gasteiger partial charge >= 0.3 is 6.09 Å². The summed E-state index contributed by atoms with van der Waals surface area (Å²) < 4.78 is 11.4. The predicted octanol–water partition coefficient (Wildman–Crippen LogP) is 3.91. The monoisotopic (exact) mass is 330 g/mol. The van der Waals surface area contributed by atoms with Gasteiger partial charge in [-0.2, -0.15) is 5.26 Å². The summed E-state index contributed by atoms with van der Waals surface area (Å²) in [6, 6.07) is 9.46. The standard InChI is InChI=1S/C19H26N2O3/c1-19(2,3)24-18(22)21-16-6-4-5-7-17(16)23-13-15-10-8-14(12-20)9-11-15/h8-11,16-17H,4-7,13H2,1-3H3,(H,21,22)/t16-,17?/m1/s1. The lowest BCUT2D eigenvalue weighted by molar-refractivity contribution is -0.0113. The first kappa shape index (κ1) is 18.3. The fourth-order valence-corrected chi connectivity index (χ4v) is 2.80. The minimum atomic E-state index is -0.502. The molecule has 1 aromatic carbocycles. The van der Waals surface area contributed by atoms with E-state index in [1.807, 2.05) is 32.9 Å². The third kappa shape index (κ3) is 5.86. The van der Waals surface area contributed by atoms with Crippen LogP contribution in [0.25, 0.3) is 0 Å². The number of rotatable bonds is 4. The largest absolute Gasteiger partial charge is 0.444 e. The van der Waals surface area contributed by atoms with Gasteiger partial charge in [-0.15, -0.1) is 0 Å². The van der Waals surface area contributed by atoms with Crippen molar-refractivity contribution in [2.75, 3.05) is 0 Å². The minimum Gasteiger partial charge on any atom is -0.444 e. The second-order valence-electron chi connectivity index (χ2n) is 7.20. The van der Waals surface area contributed by atoms with Crippen molar-refractivity contribution in [3.63, 3.8) is 0 Å². The average molecular weight is 330 g/mol. The van der Waals surface area contributed by atoms with Crippen molar-refractivity contribution in [1.29, 1.82) is 5.26 Å². The predicted molar refractivity (Wildman–Crippen MR) is 91.4 cm³/mol. The molecular weight excluding hydrogens is 304 g/mol. The molecule has 24 heavy (non-hydrogen) atoms. The maximum absolute atomic E-state index is 12.0. The second-order valence-corrected chi connectivity index (χ2v) is 7.20. The maximum Gasteiger partial charge on any atom is 0.407 e. The summed E-state index contributed by atoms with van der Waals surface area (Å²) in [5, 5.41) is 11.8. The number of carbonyl (C=O) groups is 1. The molecule has 1 aliphatic rings. The molecule has 0 bridgehead atoms. The lowest BCUT2D eigenvalue weighted by Crippen LogP contribution is -2.47. The number of ether oxygens (including phenoxy) is 2. The number of alkyl carbamates (subject to hydrolysis) is 1.